The van der Waals surface area contributed by atoms with Gasteiger partial charge in [-0.05, 0) is 12.1 Å². The van der Waals surface area contributed by atoms with Crippen molar-refractivity contribution in [1.29, 1.82) is 5.26 Å². The molecule has 6 nitrogen and oxygen atoms in total. The molecule has 6 heteroatoms. The van der Waals surface area contributed by atoms with Crippen LogP contribution in [0.2, 0.25) is 0 Å². The molecule has 1 N–H and O–H groups in total. The molecule has 1 aromatic rings. The molecule has 0 fully saturated rings. The summed E-state index contributed by atoms with van der Waals surface area (Å²) in [6.07, 6.45) is 0.155. The molecule has 98 valence electrons. The number of ether oxygens (including phenoxy) is 1. The van der Waals surface area contributed by atoms with Crippen molar-refractivity contribution in [2.75, 3.05) is 24.6 Å². The molecule has 2 rings (SSSR count). The highest BCUT2D eigenvalue weighted by Crippen LogP contribution is 2.31. The molecule has 0 atom stereocenters. The van der Waals surface area contributed by atoms with E-state index in [4.69, 9.17) is 10.00 Å². The number of hydrogen-bond donors (Lipinski definition) is 1. The molecule has 2 amide bonds. The first-order valence-corrected chi connectivity index (χ1v) is 5.88. The fourth-order valence-electron chi connectivity index (χ4n) is 1.84. The van der Waals surface area contributed by atoms with Crippen molar-refractivity contribution in [3.63, 3.8) is 0 Å². The van der Waals surface area contributed by atoms with Gasteiger partial charge in [-0.3, -0.25) is 9.59 Å². The molecule has 0 unspecified atom stereocenters. The number of amides is 2. The third kappa shape index (κ3) is 3.01. The minimum Gasteiger partial charge on any atom is -0.482 e. The number of nitrogens with one attached hydrogen (secondary N) is 1. The zero-order chi connectivity index (χ0) is 13.7. The Balaban J connectivity index is 2.02. The molecule has 0 aliphatic carbocycles. The maximum Gasteiger partial charge on any atom is 0.265 e. The van der Waals surface area contributed by atoms with E-state index in [1.54, 1.807) is 12.1 Å². The quantitative estimate of drug-likeness (QED) is 0.795. The average molecular weight is 259 g/mol. The number of nitriles is 1. The van der Waals surface area contributed by atoms with Gasteiger partial charge in [-0.25, -0.2) is 0 Å². The Labute approximate surface area is 110 Å². The van der Waals surface area contributed by atoms with Gasteiger partial charge in [0.05, 0.1) is 11.8 Å². The Bertz CT molecular complexity index is 536. The first kappa shape index (κ1) is 12.9. The number of fused-ring (bicyclic) bond motifs is 1. The Morgan fingerprint density at radius 2 is 2.26 bits per heavy atom. The van der Waals surface area contributed by atoms with E-state index in [0.29, 0.717) is 11.4 Å². The summed E-state index contributed by atoms with van der Waals surface area (Å²) in [4.78, 5) is 24.8. The lowest BCUT2D eigenvalue weighted by Gasteiger charge is -2.29. The van der Waals surface area contributed by atoms with E-state index in [2.05, 4.69) is 5.32 Å². The van der Waals surface area contributed by atoms with Crippen LogP contribution in [-0.4, -0.2) is 31.5 Å². The fourth-order valence-corrected chi connectivity index (χ4v) is 1.84. The van der Waals surface area contributed by atoms with Gasteiger partial charge in [-0.1, -0.05) is 12.1 Å². The highest BCUT2D eigenvalue weighted by molar-refractivity contribution is 5.98. The molecule has 0 saturated heterocycles. The van der Waals surface area contributed by atoms with Crippen molar-refractivity contribution in [3.05, 3.63) is 24.3 Å². The number of carbonyl (C=O) groups excluding carboxylic acids is 2. The summed E-state index contributed by atoms with van der Waals surface area (Å²) < 4.78 is 5.30. The second-order valence-electron chi connectivity index (χ2n) is 3.99. The topological polar surface area (TPSA) is 82.4 Å². The normalized spacial score (nSPS) is 13.2. The number of benzene rings is 1. The van der Waals surface area contributed by atoms with Gasteiger partial charge in [0.15, 0.2) is 6.61 Å². The molecule has 19 heavy (non-hydrogen) atoms. The summed E-state index contributed by atoms with van der Waals surface area (Å²) in [5.74, 6) is 0.213. The molecule has 1 heterocycles. The van der Waals surface area contributed by atoms with Crippen molar-refractivity contribution in [2.24, 2.45) is 0 Å². The Kier molecular flexibility index (Phi) is 3.98. The van der Waals surface area contributed by atoms with Crippen molar-refractivity contribution < 1.29 is 14.3 Å². The van der Waals surface area contributed by atoms with E-state index in [0.717, 1.165) is 0 Å². The number of para-hydroxylation sites is 2. The summed E-state index contributed by atoms with van der Waals surface area (Å²) in [6, 6.07) is 9.02. The number of hydrogen-bond acceptors (Lipinski definition) is 4. The third-order valence-electron chi connectivity index (χ3n) is 2.74. The standard InChI is InChI=1S/C13H13N3O3/c14-6-7-15-12(17)5-8-16-10-3-1-2-4-11(10)19-9-13(16)18/h1-4H,5,7-9H2,(H,15,17). The second kappa shape index (κ2) is 5.87. The Morgan fingerprint density at radius 1 is 1.47 bits per heavy atom. The lowest BCUT2D eigenvalue weighted by molar-refractivity contribution is -0.122. The largest absolute Gasteiger partial charge is 0.482 e. The molecule has 0 saturated carbocycles. The predicted octanol–water partition coefficient (Wildman–Crippen LogP) is 0.442. The van der Waals surface area contributed by atoms with Gasteiger partial charge in [0.2, 0.25) is 5.91 Å². The lowest BCUT2D eigenvalue weighted by atomic mass is 10.2. The van der Waals surface area contributed by atoms with E-state index < -0.39 is 0 Å². The molecule has 0 bridgehead atoms. The third-order valence-corrected chi connectivity index (χ3v) is 2.74. The van der Waals surface area contributed by atoms with E-state index in [-0.39, 0.29) is 37.9 Å². The zero-order valence-corrected chi connectivity index (χ0v) is 10.3. The van der Waals surface area contributed by atoms with Crippen molar-refractivity contribution in [3.8, 4) is 11.8 Å². The molecular formula is C13H13N3O3. The van der Waals surface area contributed by atoms with Crippen LogP contribution < -0.4 is 15.0 Å². The van der Waals surface area contributed by atoms with E-state index >= 15 is 0 Å². The van der Waals surface area contributed by atoms with E-state index in [1.165, 1.54) is 4.90 Å². The molecule has 1 aliphatic heterocycles. The van der Waals surface area contributed by atoms with Crippen LogP contribution in [-0.2, 0) is 9.59 Å². The molecule has 1 aromatic carbocycles. The molecule has 1 aliphatic rings. The van der Waals surface area contributed by atoms with E-state index in [1.807, 2.05) is 18.2 Å². The molecular weight excluding hydrogens is 246 g/mol. The lowest BCUT2D eigenvalue weighted by Crippen LogP contribution is -2.41. The smallest absolute Gasteiger partial charge is 0.265 e. The van der Waals surface area contributed by atoms with Crippen LogP contribution in [0.5, 0.6) is 5.75 Å². The number of nitrogens with zero attached hydrogens (tertiary/aromatic N) is 2. The Hall–Kier alpha value is -2.55. The molecule has 0 spiro atoms. The minimum absolute atomic E-state index is 0.0170. The number of rotatable bonds is 4. The zero-order valence-electron chi connectivity index (χ0n) is 10.3. The predicted molar refractivity (Wildman–Crippen MR) is 67.5 cm³/mol. The molecule has 0 radical (unpaired) electrons. The summed E-state index contributed by atoms with van der Waals surface area (Å²) in [5.41, 5.74) is 0.673. The fraction of sp³-hybridized carbons (Fsp3) is 0.308. The summed E-state index contributed by atoms with van der Waals surface area (Å²) in [7, 11) is 0. The second-order valence-corrected chi connectivity index (χ2v) is 3.99. The van der Waals surface area contributed by atoms with Gasteiger partial charge in [0.25, 0.3) is 5.91 Å². The van der Waals surface area contributed by atoms with Crippen molar-refractivity contribution in [1.82, 2.24) is 5.32 Å². The van der Waals surface area contributed by atoms with Crippen LogP contribution in [0, 0.1) is 11.3 Å². The van der Waals surface area contributed by atoms with Crippen LogP contribution in [0.1, 0.15) is 6.42 Å². The summed E-state index contributed by atoms with van der Waals surface area (Å²) >= 11 is 0. The highest BCUT2D eigenvalue weighted by Gasteiger charge is 2.25. The van der Waals surface area contributed by atoms with Crippen LogP contribution in [0.3, 0.4) is 0 Å². The highest BCUT2D eigenvalue weighted by atomic mass is 16.5. The first-order chi connectivity index (χ1) is 9.22. The van der Waals surface area contributed by atoms with Crippen LogP contribution in [0.25, 0.3) is 0 Å². The molecule has 0 aromatic heterocycles. The monoisotopic (exact) mass is 259 g/mol. The minimum atomic E-state index is -0.252. The Morgan fingerprint density at radius 3 is 3.05 bits per heavy atom. The van der Waals surface area contributed by atoms with Crippen molar-refractivity contribution in [2.45, 2.75) is 6.42 Å². The SMILES string of the molecule is N#CCNC(=O)CCN1C(=O)COc2ccccc21. The maximum absolute atomic E-state index is 11.8. The van der Waals surface area contributed by atoms with Crippen LogP contribution >= 0.6 is 0 Å². The first-order valence-electron chi connectivity index (χ1n) is 5.88. The number of anilines is 1. The summed E-state index contributed by atoms with van der Waals surface area (Å²) in [6.45, 7) is 0.236. The van der Waals surface area contributed by atoms with Gasteiger partial charge in [-0.2, -0.15) is 5.26 Å². The van der Waals surface area contributed by atoms with Gasteiger partial charge in [0, 0.05) is 13.0 Å². The number of carbonyl (C=O) groups is 2. The van der Waals surface area contributed by atoms with E-state index in [9.17, 15) is 9.59 Å². The van der Waals surface area contributed by atoms with Crippen molar-refractivity contribution >= 4 is 17.5 Å². The maximum atomic E-state index is 11.8. The van der Waals surface area contributed by atoms with Crippen LogP contribution in [0.15, 0.2) is 24.3 Å². The van der Waals surface area contributed by atoms with Gasteiger partial charge < -0.3 is 15.0 Å². The van der Waals surface area contributed by atoms with Gasteiger partial charge in [-0.15, -0.1) is 0 Å². The van der Waals surface area contributed by atoms with Crippen LogP contribution in [0.4, 0.5) is 5.69 Å². The van der Waals surface area contributed by atoms with Gasteiger partial charge in [0.1, 0.15) is 12.3 Å². The summed E-state index contributed by atoms with van der Waals surface area (Å²) in [5, 5.41) is 10.8. The average Bonchev–Trinajstić information content (AvgIpc) is 2.44. The van der Waals surface area contributed by atoms with Gasteiger partial charge >= 0.3 is 0 Å².